The summed E-state index contributed by atoms with van der Waals surface area (Å²) in [6, 6.07) is 10.2. The van der Waals surface area contributed by atoms with E-state index in [4.69, 9.17) is 0 Å². The minimum Gasteiger partial charge on any atom is -0.303 e. The molecule has 15 heavy (non-hydrogen) atoms. The van der Waals surface area contributed by atoms with Gasteiger partial charge in [-0.25, -0.2) is 0 Å². The Hall–Kier alpha value is -1.35. The molecule has 0 amide bonds. The van der Waals surface area contributed by atoms with Gasteiger partial charge in [-0.1, -0.05) is 30.3 Å². The van der Waals surface area contributed by atoms with Gasteiger partial charge in [0.15, 0.2) is 0 Å². The van der Waals surface area contributed by atoms with E-state index < -0.39 is 0 Å². The maximum absolute atomic E-state index is 4.47. The third kappa shape index (κ3) is 3.06. The van der Waals surface area contributed by atoms with E-state index in [0.29, 0.717) is 0 Å². The summed E-state index contributed by atoms with van der Waals surface area (Å²) >= 11 is 0. The molecule has 1 saturated heterocycles. The van der Waals surface area contributed by atoms with Crippen LogP contribution in [0, 0.1) is 0 Å². The number of likely N-dealkylation sites (N-methyl/N-ethyl adjacent to an activating group) is 1. The molecule has 3 nitrogen and oxygen atoms in total. The molecular formula is C12H17N3. The van der Waals surface area contributed by atoms with Crippen LogP contribution in [0.1, 0.15) is 5.56 Å². The molecule has 1 aliphatic heterocycles. The second-order valence-corrected chi connectivity index (χ2v) is 3.91. The Morgan fingerprint density at radius 1 is 1.07 bits per heavy atom. The van der Waals surface area contributed by atoms with Crippen molar-refractivity contribution in [3.63, 3.8) is 0 Å². The van der Waals surface area contributed by atoms with Crippen molar-refractivity contribution < 1.29 is 0 Å². The fourth-order valence-corrected chi connectivity index (χ4v) is 1.60. The first-order valence-corrected chi connectivity index (χ1v) is 5.37. The van der Waals surface area contributed by atoms with Crippen LogP contribution in [-0.4, -0.2) is 49.4 Å². The van der Waals surface area contributed by atoms with Gasteiger partial charge in [-0.2, -0.15) is 5.10 Å². The maximum atomic E-state index is 4.47. The lowest BCUT2D eigenvalue weighted by molar-refractivity contribution is 0.159. The van der Waals surface area contributed by atoms with Gasteiger partial charge in [0.05, 0.1) is 6.21 Å². The minimum absolute atomic E-state index is 1.03. The normalized spacial score (nSPS) is 18.6. The molecule has 0 aromatic heterocycles. The molecule has 0 radical (unpaired) electrons. The minimum atomic E-state index is 1.03. The van der Waals surface area contributed by atoms with E-state index in [0.717, 1.165) is 31.7 Å². The zero-order valence-electron chi connectivity index (χ0n) is 9.13. The van der Waals surface area contributed by atoms with Crippen LogP contribution < -0.4 is 0 Å². The van der Waals surface area contributed by atoms with Crippen molar-refractivity contribution in [2.75, 3.05) is 33.2 Å². The molecule has 2 rings (SSSR count). The van der Waals surface area contributed by atoms with E-state index in [2.05, 4.69) is 34.2 Å². The lowest BCUT2D eigenvalue weighted by Gasteiger charge is -2.30. The number of piperazine rings is 1. The highest BCUT2D eigenvalue weighted by molar-refractivity contribution is 5.79. The summed E-state index contributed by atoms with van der Waals surface area (Å²) in [5.74, 6) is 0. The zero-order valence-corrected chi connectivity index (χ0v) is 9.13. The molecule has 0 unspecified atom stereocenters. The van der Waals surface area contributed by atoms with Gasteiger partial charge >= 0.3 is 0 Å². The van der Waals surface area contributed by atoms with Crippen molar-refractivity contribution in [3.05, 3.63) is 35.9 Å². The van der Waals surface area contributed by atoms with Crippen molar-refractivity contribution in [1.82, 2.24) is 9.91 Å². The number of hydrogen-bond donors (Lipinski definition) is 0. The summed E-state index contributed by atoms with van der Waals surface area (Å²) in [5, 5.41) is 6.60. The number of nitrogens with zero attached hydrogens (tertiary/aromatic N) is 3. The predicted octanol–water partition coefficient (Wildman–Crippen LogP) is 1.27. The van der Waals surface area contributed by atoms with Gasteiger partial charge in [-0.15, -0.1) is 0 Å². The Labute approximate surface area is 91.0 Å². The third-order valence-electron chi connectivity index (χ3n) is 2.65. The molecule has 1 aromatic rings. The van der Waals surface area contributed by atoms with E-state index >= 15 is 0 Å². The summed E-state index contributed by atoms with van der Waals surface area (Å²) in [7, 11) is 2.15. The van der Waals surface area contributed by atoms with E-state index in [1.807, 2.05) is 24.4 Å². The molecule has 1 heterocycles. The predicted molar refractivity (Wildman–Crippen MR) is 63.1 cm³/mol. The third-order valence-corrected chi connectivity index (χ3v) is 2.65. The lowest BCUT2D eigenvalue weighted by atomic mass is 10.2. The van der Waals surface area contributed by atoms with Gasteiger partial charge in [0, 0.05) is 26.2 Å². The Morgan fingerprint density at radius 3 is 2.40 bits per heavy atom. The Bertz CT molecular complexity index is 313. The molecular weight excluding hydrogens is 186 g/mol. The van der Waals surface area contributed by atoms with Gasteiger partial charge < -0.3 is 4.90 Å². The standard InChI is InChI=1S/C12H17N3/c1-14-7-9-15(10-8-14)13-11-12-5-3-2-4-6-12/h2-6,11H,7-10H2,1H3/b13-11-. The molecule has 1 aromatic carbocycles. The topological polar surface area (TPSA) is 18.8 Å². The van der Waals surface area contributed by atoms with Crippen LogP contribution in [0.3, 0.4) is 0 Å². The highest BCUT2D eigenvalue weighted by Crippen LogP contribution is 2.00. The smallest absolute Gasteiger partial charge is 0.0542 e. The first kappa shape index (κ1) is 10.2. The molecule has 0 N–H and O–H groups in total. The fraction of sp³-hybridized carbons (Fsp3) is 0.417. The van der Waals surface area contributed by atoms with E-state index in [1.165, 1.54) is 0 Å². The maximum Gasteiger partial charge on any atom is 0.0542 e. The van der Waals surface area contributed by atoms with Crippen LogP contribution >= 0.6 is 0 Å². The van der Waals surface area contributed by atoms with Crippen LogP contribution in [0.2, 0.25) is 0 Å². The summed E-state index contributed by atoms with van der Waals surface area (Å²) in [4.78, 5) is 2.33. The average Bonchev–Trinajstić information content (AvgIpc) is 2.30. The van der Waals surface area contributed by atoms with Gasteiger partial charge in [-0.05, 0) is 12.6 Å². The Kier molecular flexibility index (Phi) is 3.35. The van der Waals surface area contributed by atoms with Gasteiger partial charge in [0.25, 0.3) is 0 Å². The molecule has 0 atom stereocenters. The second-order valence-electron chi connectivity index (χ2n) is 3.91. The van der Waals surface area contributed by atoms with E-state index in [1.54, 1.807) is 0 Å². The van der Waals surface area contributed by atoms with Crippen LogP contribution in [0.15, 0.2) is 35.4 Å². The summed E-state index contributed by atoms with van der Waals surface area (Å²) < 4.78 is 0. The average molecular weight is 203 g/mol. The summed E-state index contributed by atoms with van der Waals surface area (Å²) in [6.07, 6.45) is 1.94. The van der Waals surface area contributed by atoms with Gasteiger partial charge in [0.1, 0.15) is 0 Å². The van der Waals surface area contributed by atoms with Crippen molar-refractivity contribution in [2.24, 2.45) is 5.10 Å². The fourth-order valence-electron chi connectivity index (χ4n) is 1.60. The quantitative estimate of drug-likeness (QED) is 0.674. The van der Waals surface area contributed by atoms with E-state index in [-0.39, 0.29) is 0 Å². The van der Waals surface area contributed by atoms with Gasteiger partial charge in [0.2, 0.25) is 0 Å². The largest absolute Gasteiger partial charge is 0.303 e. The first-order valence-electron chi connectivity index (χ1n) is 5.37. The van der Waals surface area contributed by atoms with Gasteiger partial charge in [-0.3, -0.25) is 5.01 Å². The monoisotopic (exact) mass is 203 g/mol. The van der Waals surface area contributed by atoms with Crippen molar-refractivity contribution >= 4 is 6.21 Å². The van der Waals surface area contributed by atoms with E-state index in [9.17, 15) is 0 Å². The summed E-state index contributed by atoms with van der Waals surface area (Å²) in [5.41, 5.74) is 1.16. The molecule has 0 spiro atoms. The van der Waals surface area contributed by atoms with Crippen molar-refractivity contribution in [1.29, 1.82) is 0 Å². The van der Waals surface area contributed by atoms with Crippen molar-refractivity contribution in [2.45, 2.75) is 0 Å². The molecule has 0 aliphatic carbocycles. The highest BCUT2D eigenvalue weighted by atomic mass is 15.5. The number of benzene rings is 1. The Balaban J connectivity index is 1.89. The molecule has 1 fully saturated rings. The van der Waals surface area contributed by atoms with Crippen LogP contribution in [0.5, 0.6) is 0 Å². The van der Waals surface area contributed by atoms with Crippen LogP contribution in [0.4, 0.5) is 0 Å². The molecule has 0 bridgehead atoms. The molecule has 80 valence electrons. The van der Waals surface area contributed by atoms with Crippen molar-refractivity contribution in [3.8, 4) is 0 Å². The molecule has 1 aliphatic rings. The van der Waals surface area contributed by atoms with Crippen LogP contribution in [-0.2, 0) is 0 Å². The molecule has 0 saturated carbocycles. The summed E-state index contributed by atoms with van der Waals surface area (Å²) in [6.45, 7) is 4.26. The zero-order chi connectivity index (χ0) is 10.5. The highest BCUT2D eigenvalue weighted by Gasteiger charge is 2.10. The van der Waals surface area contributed by atoms with Crippen LogP contribution in [0.25, 0.3) is 0 Å². The Morgan fingerprint density at radius 2 is 1.73 bits per heavy atom. The SMILES string of the molecule is CN1CCN(/N=C\c2ccccc2)CC1. The number of hydrazone groups is 1. The second kappa shape index (κ2) is 4.94. The number of rotatable bonds is 2. The first-order chi connectivity index (χ1) is 7.34. The lowest BCUT2D eigenvalue weighted by Crippen LogP contribution is -2.41. The number of hydrogen-bond acceptors (Lipinski definition) is 3. The molecule has 3 heteroatoms.